The van der Waals surface area contributed by atoms with Crippen LogP contribution in [0.4, 0.5) is 0 Å². The Hall–Kier alpha value is -1.47. The molecule has 0 spiro atoms. The van der Waals surface area contributed by atoms with E-state index in [-0.39, 0.29) is 4.90 Å². The number of hydrogen-bond acceptors (Lipinski definition) is 5. The van der Waals surface area contributed by atoms with Crippen LogP contribution < -0.4 is 0 Å². The lowest BCUT2D eigenvalue weighted by molar-refractivity contribution is 0.261. The Morgan fingerprint density at radius 3 is 3.05 bits per heavy atom. The SMILES string of the molecule is CC[C@@H]1CCCN(S(=O)(=O)c2cnc3onc(C)c3c2)C1. The molecule has 1 saturated heterocycles. The van der Waals surface area contributed by atoms with Gasteiger partial charge in [0.15, 0.2) is 0 Å². The molecule has 21 heavy (non-hydrogen) atoms. The van der Waals surface area contributed by atoms with Gasteiger partial charge in [0.1, 0.15) is 4.90 Å². The van der Waals surface area contributed by atoms with E-state index < -0.39 is 10.0 Å². The average molecular weight is 309 g/mol. The first-order valence-corrected chi connectivity index (χ1v) is 8.68. The Kier molecular flexibility index (Phi) is 3.71. The molecule has 0 aromatic carbocycles. The monoisotopic (exact) mass is 309 g/mol. The van der Waals surface area contributed by atoms with Gasteiger partial charge in [-0.15, -0.1) is 0 Å². The Labute approximate surface area is 124 Å². The summed E-state index contributed by atoms with van der Waals surface area (Å²) in [6.07, 6.45) is 4.39. The van der Waals surface area contributed by atoms with Crippen molar-refractivity contribution in [2.24, 2.45) is 5.92 Å². The van der Waals surface area contributed by atoms with Crippen LogP contribution in [0, 0.1) is 12.8 Å². The standard InChI is InChI=1S/C14H19N3O3S/c1-3-11-5-4-6-17(9-11)21(18,19)12-7-13-10(2)16-20-14(13)15-8-12/h7-8,11H,3-6,9H2,1-2H3/t11-/m1/s1. The van der Waals surface area contributed by atoms with Crippen LogP contribution in [0.15, 0.2) is 21.7 Å². The predicted molar refractivity (Wildman–Crippen MR) is 78.3 cm³/mol. The van der Waals surface area contributed by atoms with Crippen molar-refractivity contribution in [2.75, 3.05) is 13.1 Å². The lowest BCUT2D eigenvalue weighted by atomic mass is 9.97. The van der Waals surface area contributed by atoms with E-state index in [1.54, 1.807) is 17.3 Å². The summed E-state index contributed by atoms with van der Waals surface area (Å²) in [4.78, 5) is 4.29. The number of hydrogen-bond donors (Lipinski definition) is 0. The summed E-state index contributed by atoms with van der Waals surface area (Å²) < 4.78 is 32.1. The molecule has 0 aliphatic carbocycles. The van der Waals surface area contributed by atoms with Crippen LogP contribution in [0.3, 0.4) is 0 Å². The fourth-order valence-electron chi connectivity index (χ4n) is 2.79. The molecular formula is C14H19N3O3S. The zero-order chi connectivity index (χ0) is 15.0. The molecule has 0 unspecified atom stereocenters. The van der Waals surface area contributed by atoms with Crippen LogP contribution in [0.25, 0.3) is 11.1 Å². The molecular weight excluding hydrogens is 290 g/mol. The topological polar surface area (TPSA) is 76.3 Å². The van der Waals surface area contributed by atoms with Gasteiger partial charge in [0, 0.05) is 13.1 Å². The summed E-state index contributed by atoms with van der Waals surface area (Å²) in [5, 5.41) is 4.46. The van der Waals surface area contributed by atoms with Gasteiger partial charge >= 0.3 is 0 Å². The molecule has 1 aliphatic heterocycles. The summed E-state index contributed by atoms with van der Waals surface area (Å²) >= 11 is 0. The van der Waals surface area contributed by atoms with Crippen LogP contribution in [-0.2, 0) is 10.0 Å². The van der Waals surface area contributed by atoms with Crippen LogP contribution in [0.2, 0.25) is 0 Å². The average Bonchev–Trinajstić information content (AvgIpc) is 2.88. The molecule has 0 saturated carbocycles. The first kappa shape index (κ1) is 14.5. The molecule has 3 rings (SSSR count). The fraction of sp³-hybridized carbons (Fsp3) is 0.571. The Bertz CT molecular complexity index is 754. The van der Waals surface area contributed by atoms with Crippen molar-refractivity contribution in [1.82, 2.24) is 14.4 Å². The molecule has 0 radical (unpaired) electrons. The smallest absolute Gasteiger partial charge is 0.257 e. The second-order valence-corrected chi connectivity index (χ2v) is 7.51. The second-order valence-electron chi connectivity index (χ2n) is 5.57. The molecule has 0 N–H and O–H groups in total. The maximum atomic E-state index is 12.8. The van der Waals surface area contributed by atoms with Gasteiger partial charge in [-0.1, -0.05) is 18.5 Å². The third-order valence-corrected chi connectivity index (χ3v) is 6.01. The van der Waals surface area contributed by atoms with Crippen molar-refractivity contribution >= 4 is 21.1 Å². The summed E-state index contributed by atoms with van der Waals surface area (Å²) in [5.41, 5.74) is 1.02. The van der Waals surface area contributed by atoms with Crippen LogP contribution in [0.1, 0.15) is 31.9 Å². The minimum absolute atomic E-state index is 0.220. The van der Waals surface area contributed by atoms with Crippen LogP contribution in [0.5, 0.6) is 0 Å². The van der Waals surface area contributed by atoms with E-state index in [9.17, 15) is 8.42 Å². The molecule has 1 fully saturated rings. The van der Waals surface area contributed by atoms with Gasteiger partial charge in [0.05, 0.1) is 17.3 Å². The highest BCUT2D eigenvalue weighted by Gasteiger charge is 2.30. The van der Waals surface area contributed by atoms with Crippen molar-refractivity contribution in [3.63, 3.8) is 0 Å². The van der Waals surface area contributed by atoms with Crippen molar-refractivity contribution in [3.05, 3.63) is 18.0 Å². The minimum atomic E-state index is -3.49. The number of pyridine rings is 1. The Balaban J connectivity index is 1.97. The molecule has 6 nitrogen and oxygen atoms in total. The molecule has 7 heteroatoms. The van der Waals surface area contributed by atoms with Gasteiger partial charge in [-0.25, -0.2) is 13.4 Å². The zero-order valence-corrected chi connectivity index (χ0v) is 13.1. The van der Waals surface area contributed by atoms with Crippen molar-refractivity contribution in [1.29, 1.82) is 0 Å². The summed E-state index contributed by atoms with van der Waals surface area (Å²) in [7, 11) is -3.49. The fourth-order valence-corrected chi connectivity index (χ4v) is 4.32. The van der Waals surface area contributed by atoms with Gasteiger partial charge < -0.3 is 4.52 Å². The van der Waals surface area contributed by atoms with Gasteiger partial charge in [-0.3, -0.25) is 0 Å². The summed E-state index contributed by atoms with van der Waals surface area (Å²) in [6.45, 7) is 5.06. The van der Waals surface area contributed by atoms with Crippen LogP contribution >= 0.6 is 0 Å². The van der Waals surface area contributed by atoms with Crippen molar-refractivity contribution < 1.29 is 12.9 Å². The number of nitrogens with zero attached hydrogens (tertiary/aromatic N) is 3. The molecule has 114 valence electrons. The van der Waals surface area contributed by atoms with E-state index >= 15 is 0 Å². The molecule has 2 aromatic heterocycles. The summed E-state index contributed by atoms with van der Waals surface area (Å²) in [5.74, 6) is 0.447. The molecule has 3 heterocycles. The lowest BCUT2D eigenvalue weighted by Gasteiger charge is -2.31. The maximum absolute atomic E-state index is 12.8. The number of rotatable bonds is 3. The van der Waals surface area contributed by atoms with Crippen LogP contribution in [-0.4, -0.2) is 36.0 Å². The molecule has 2 aromatic rings. The van der Waals surface area contributed by atoms with E-state index in [1.807, 2.05) is 0 Å². The van der Waals surface area contributed by atoms with E-state index in [1.165, 1.54) is 6.20 Å². The van der Waals surface area contributed by atoms with Gasteiger partial charge in [0.25, 0.3) is 5.71 Å². The molecule has 0 bridgehead atoms. The third-order valence-electron chi connectivity index (χ3n) is 4.18. The highest BCUT2D eigenvalue weighted by atomic mass is 32.2. The quantitative estimate of drug-likeness (QED) is 0.869. The predicted octanol–water partition coefficient (Wildman–Crippen LogP) is 2.34. The molecule has 0 amide bonds. The normalized spacial score (nSPS) is 21.0. The Morgan fingerprint density at radius 1 is 1.48 bits per heavy atom. The number of aromatic nitrogens is 2. The van der Waals surface area contributed by atoms with E-state index in [2.05, 4.69) is 17.1 Å². The number of aryl methyl sites for hydroxylation is 1. The van der Waals surface area contributed by atoms with Gasteiger partial charge in [0.2, 0.25) is 10.0 Å². The highest BCUT2D eigenvalue weighted by molar-refractivity contribution is 7.89. The van der Waals surface area contributed by atoms with E-state index in [0.717, 1.165) is 19.3 Å². The van der Waals surface area contributed by atoms with Crippen molar-refractivity contribution in [2.45, 2.75) is 38.0 Å². The second kappa shape index (κ2) is 5.38. The first-order valence-electron chi connectivity index (χ1n) is 7.24. The third kappa shape index (κ3) is 2.55. The van der Waals surface area contributed by atoms with E-state index in [0.29, 0.717) is 35.8 Å². The van der Waals surface area contributed by atoms with E-state index in [4.69, 9.17) is 4.52 Å². The largest absolute Gasteiger partial charge is 0.336 e. The van der Waals surface area contributed by atoms with Crippen molar-refractivity contribution in [3.8, 4) is 0 Å². The number of sulfonamides is 1. The molecule has 1 atom stereocenters. The Morgan fingerprint density at radius 2 is 2.29 bits per heavy atom. The lowest BCUT2D eigenvalue weighted by Crippen LogP contribution is -2.39. The summed E-state index contributed by atoms with van der Waals surface area (Å²) in [6, 6.07) is 1.61. The van der Waals surface area contributed by atoms with Gasteiger partial charge in [-0.05, 0) is 31.7 Å². The highest BCUT2D eigenvalue weighted by Crippen LogP contribution is 2.27. The minimum Gasteiger partial charge on any atom is -0.336 e. The number of fused-ring (bicyclic) bond motifs is 1. The number of piperidine rings is 1. The first-order chi connectivity index (χ1) is 10.0. The molecule has 1 aliphatic rings. The van der Waals surface area contributed by atoms with Gasteiger partial charge in [-0.2, -0.15) is 4.31 Å². The maximum Gasteiger partial charge on any atom is 0.257 e. The zero-order valence-electron chi connectivity index (χ0n) is 12.2.